The summed E-state index contributed by atoms with van der Waals surface area (Å²) in [6, 6.07) is 3.38. The van der Waals surface area contributed by atoms with Gasteiger partial charge in [-0.3, -0.25) is 24.0 Å². The second-order valence-corrected chi connectivity index (χ2v) is 8.29. The summed E-state index contributed by atoms with van der Waals surface area (Å²) in [7, 11) is -4.85. The van der Waals surface area contributed by atoms with E-state index in [1.165, 1.54) is 0 Å². The zero-order valence-electron chi connectivity index (χ0n) is 17.6. The van der Waals surface area contributed by atoms with Gasteiger partial charge in [0, 0.05) is 32.0 Å². The van der Waals surface area contributed by atoms with Crippen LogP contribution in [0.1, 0.15) is 12.8 Å². The Kier molecular flexibility index (Phi) is 8.51. The minimum atomic E-state index is -4.85. The molecule has 3 saturated heterocycles. The van der Waals surface area contributed by atoms with E-state index in [-0.39, 0.29) is 25.5 Å². The standard InChI is InChI=1S/C13H20N4O9S.C5H5N/c18-11(15-3-5-24-6-4-15)8-25-14-12(19)10-2-1-9-7-16(10)13(20)17(9)26-27(21,22)23;1-2-4-6-5-3-1/h9-10H,1-8H2,(H,14,19)(H,21,22,23);1-5H/t9-,10+;/m1./s1. The number of piperidine rings is 1. The highest BCUT2D eigenvalue weighted by atomic mass is 32.3. The second-order valence-electron chi connectivity index (χ2n) is 7.28. The van der Waals surface area contributed by atoms with Crippen LogP contribution in [0.15, 0.2) is 30.6 Å². The molecule has 14 nitrogen and oxygen atoms in total. The zero-order chi connectivity index (χ0) is 23.8. The summed E-state index contributed by atoms with van der Waals surface area (Å²) in [4.78, 5) is 47.9. The molecule has 182 valence electrons. The maximum absolute atomic E-state index is 12.3. The Morgan fingerprint density at radius 1 is 1.18 bits per heavy atom. The number of urea groups is 1. The van der Waals surface area contributed by atoms with E-state index in [4.69, 9.17) is 14.1 Å². The summed E-state index contributed by atoms with van der Waals surface area (Å²) in [5.74, 6) is -0.933. The maximum Gasteiger partial charge on any atom is 0.418 e. The highest BCUT2D eigenvalue weighted by Crippen LogP contribution is 2.30. The second kappa shape index (κ2) is 11.3. The first-order chi connectivity index (χ1) is 15.8. The van der Waals surface area contributed by atoms with Crippen LogP contribution in [-0.2, 0) is 33.8 Å². The molecule has 0 unspecified atom stereocenters. The van der Waals surface area contributed by atoms with Crippen LogP contribution in [0.4, 0.5) is 4.79 Å². The number of nitrogens with zero attached hydrogens (tertiary/aromatic N) is 4. The molecule has 4 amide bonds. The van der Waals surface area contributed by atoms with E-state index in [0.29, 0.717) is 37.8 Å². The lowest BCUT2D eigenvalue weighted by Gasteiger charge is -2.29. The molecule has 3 aliphatic rings. The van der Waals surface area contributed by atoms with Crippen LogP contribution in [0.2, 0.25) is 0 Å². The van der Waals surface area contributed by atoms with Gasteiger partial charge in [0.1, 0.15) is 6.04 Å². The van der Waals surface area contributed by atoms with Crippen molar-refractivity contribution < 1.29 is 41.2 Å². The molecule has 0 saturated carbocycles. The first kappa shape index (κ1) is 24.8. The number of amides is 4. The molecule has 4 rings (SSSR count). The Morgan fingerprint density at radius 2 is 1.88 bits per heavy atom. The van der Waals surface area contributed by atoms with Crippen LogP contribution < -0.4 is 5.48 Å². The molecule has 2 N–H and O–H groups in total. The van der Waals surface area contributed by atoms with Gasteiger partial charge in [-0.15, -0.1) is 4.28 Å². The molecule has 0 aliphatic carbocycles. The van der Waals surface area contributed by atoms with Crippen LogP contribution >= 0.6 is 0 Å². The molecule has 2 bridgehead atoms. The van der Waals surface area contributed by atoms with Gasteiger partial charge in [-0.25, -0.2) is 10.3 Å². The van der Waals surface area contributed by atoms with Gasteiger partial charge in [-0.2, -0.15) is 13.5 Å². The highest BCUT2D eigenvalue weighted by Gasteiger charge is 2.49. The van der Waals surface area contributed by atoms with Crippen LogP contribution in [0, 0.1) is 0 Å². The lowest BCUT2D eigenvalue weighted by Crippen LogP contribution is -2.50. The van der Waals surface area contributed by atoms with Crippen molar-refractivity contribution in [3.8, 4) is 0 Å². The van der Waals surface area contributed by atoms with Gasteiger partial charge >= 0.3 is 16.4 Å². The smallest absolute Gasteiger partial charge is 0.378 e. The van der Waals surface area contributed by atoms with E-state index >= 15 is 0 Å². The largest absolute Gasteiger partial charge is 0.418 e. The van der Waals surface area contributed by atoms with Gasteiger partial charge in [-0.05, 0) is 25.0 Å². The minimum Gasteiger partial charge on any atom is -0.378 e. The Balaban J connectivity index is 0.000000442. The van der Waals surface area contributed by atoms with Crippen LogP contribution in [-0.4, -0.2) is 102 Å². The number of fused-ring (bicyclic) bond motifs is 2. The Bertz CT molecular complexity index is 900. The number of hydrogen-bond acceptors (Lipinski definition) is 9. The average Bonchev–Trinajstić information content (AvgIpc) is 3.04. The quantitative estimate of drug-likeness (QED) is 0.374. The van der Waals surface area contributed by atoms with Crippen molar-refractivity contribution in [3.05, 3.63) is 30.6 Å². The predicted molar refractivity (Wildman–Crippen MR) is 109 cm³/mol. The Hall–Kier alpha value is -2.85. The highest BCUT2D eigenvalue weighted by molar-refractivity contribution is 7.80. The van der Waals surface area contributed by atoms with Crippen LogP contribution in [0.25, 0.3) is 0 Å². The normalized spacial score (nSPS) is 22.5. The summed E-state index contributed by atoms with van der Waals surface area (Å²) in [5.41, 5.74) is 2.15. The van der Waals surface area contributed by atoms with E-state index in [9.17, 15) is 22.8 Å². The van der Waals surface area contributed by atoms with Crippen molar-refractivity contribution >= 4 is 28.2 Å². The number of pyridine rings is 1. The van der Waals surface area contributed by atoms with Gasteiger partial charge < -0.3 is 14.5 Å². The van der Waals surface area contributed by atoms with Crippen molar-refractivity contribution in [3.63, 3.8) is 0 Å². The molecule has 1 aromatic rings. The van der Waals surface area contributed by atoms with Gasteiger partial charge in [0.05, 0.1) is 19.3 Å². The third-order valence-corrected chi connectivity index (χ3v) is 5.45. The minimum absolute atomic E-state index is 0.0686. The van der Waals surface area contributed by atoms with Crippen molar-refractivity contribution in [1.82, 2.24) is 25.3 Å². The molecule has 0 aromatic carbocycles. The van der Waals surface area contributed by atoms with Crippen molar-refractivity contribution in [1.29, 1.82) is 0 Å². The molecule has 0 radical (unpaired) electrons. The summed E-state index contributed by atoms with van der Waals surface area (Å²) < 4.78 is 39.9. The number of nitrogens with one attached hydrogen (secondary N) is 1. The van der Waals surface area contributed by atoms with E-state index in [1.807, 2.05) is 18.2 Å². The number of morpholine rings is 1. The van der Waals surface area contributed by atoms with Gasteiger partial charge in [-0.1, -0.05) is 6.07 Å². The SMILES string of the molecule is O=C(NOCC(=O)N1CCOCC1)[C@@H]1CC[C@@H]2CN1C(=O)N2OS(=O)(=O)O.c1ccncc1. The molecule has 15 heteroatoms. The fourth-order valence-electron chi connectivity index (χ4n) is 3.56. The molecule has 33 heavy (non-hydrogen) atoms. The number of carbonyl (C=O) groups excluding carboxylic acids is 3. The first-order valence-electron chi connectivity index (χ1n) is 10.2. The summed E-state index contributed by atoms with van der Waals surface area (Å²) in [6.07, 6.45) is 4.04. The lowest BCUT2D eigenvalue weighted by atomic mass is 10.0. The molecule has 2 atom stereocenters. The lowest BCUT2D eigenvalue weighted by molar-refractivity contribution is -0.149. The van der Waals surface area contributed by atoms with Crippen molar-refractivity contribution in [2.24, 2.45) is 0 Å². The maximum atomic E-state index is 12.3. The summed E-state index contributed by atoms with van der Waals surface area (Å²) >= 11 is 0. The Labute approximate surface area is 190 Å². The fraction of sp³-hybridized carbons (Fsp3) is 0.556. The number of rotatable bonds is 6. The monoisotopic (exact) mass is 487 g/mol. The molecule has 3 fully saturated rings. The van der Waals surface area contributed by atoms with Crippen molar-refractivity contribution in [2.45, 2.75) is 24.9 Å². The third kappa shape index (κ3) is 7.06. The molecule has 0 spiro atoms. The van der Waals surface area contributed by atoms with E-state index in [2.05, 4.69) is 14.7 Å². The number of ether oxygens (including phenoxy) is 1. The molecular weight excluding hydrogens is 462 g/mol. The van der Waals surface area contributed by atoms with Crippen LogP contribution in [0.3, 0.4) is 0 Å². The van der Waals surface area contributed by atoms with Crippen molar-refractivity contribution in [2.75, 3.05) is 39.5 Å². The van der Waals surface area contributed by atoms with E-state index in [0.717, 1.165) is 4.90 Å². The first-order valence-corrected chi connectivity index (χ1v) is 11.5. The van der Waals surface area contributed by atoms with Crippen LogP contribution in [0.5, 0.6) is 0 Å². The predicted octanol–water partition coefficient (Wildman–Crippen LogP) is -1.02. The van der Waals surface area contributed by atoms with E-state index < -0.39 is 34.4 Å². The van der Waals surface area contributed by atoms with Gasteiger partial charge in [0.15, 0.2) is 6.61 Å². The zero-order valence-corrected chi connectivity index (χ0v) is 18.4. The number of hydrogen-bond donors (Lipinski definition) is 2. The van der Waals surface area contributed by atoms with Gasteiger partial charge in [0.2, 0.25) is 0 Å². The molecule has 1 aromatic heterocycles. The molecular formula is C18H25N5O9S. The topological polar surface area (TPSA) is 168 Å². The van der Waals surface area contributed by atoms with Gasteiger partial charge in [0.25, 0.3) is 11.8 Å². The number of hydroxylamine groups is 3. The summed E-state index contributed by atoms with van der Waals surface area (Å²) in [5, 5.41) is 0.547. The average molecular weight is 487 g/mol. The third-order valence-electron chi connectivity index (χ3n) is 5.10. The molecule has 3 aliphatic heterocycles. The fourth-order valence-corrected chi connectivity index (χ4v) is 3.95. The number of carbonyl (C=O) groups is 3. The summed E-state index contributed by atoms with van der Waals surface area (Å²) in [6.45, 7) is 1.51. The van der Waals surface area contributed by atoms with E-state index in [1.54, 1.807) is 17.3 Å². The molecule has 4 heterocycles. The Morgan fingerprint density at radius 3 is 2.45 bits per heavy atom. The number of aromatic nitrogens is 1.